The third-order valence-electron chi connectivity index (χ3n) is 2.34. The topological polar surface area (TPSA) is 76.0 Å². The van der Waals surface area contributed by atoms with Crippen molar-refractivity contribution in [3.8, 4) is 5.75 Å². The fourth-order valence-electron chi connectivity index (χ4n) is 1.39. The van der Waals surface area contributed by atoms with Gasteiger partial charge in [-0.25, -0.2) is 4.79 Å². The van der Waals surface area contributed by atoms with Crippen molar-refractivity contribution >= 4 is 17.3 Å². The van der Waals surface area contributed by atoms with Crippen molar-refractivity contribution in [2.24, 2.45) is 0 Å². The Kier molecular flexibility index (Phi) is 6.27. The number of aryl methyl sites for hydroxylation is 1. The van der Waals surface area contributed by atoms with Gasteiger partial charge in [0, 0.05) is 4.88 Å². The minimum atomic E-state index is -1.01. The van der Waals surface area contributed by atoms with E-state index in [4.69, 9.17) is 14.6 Å². The summed E-state index contributed by atoms with van der Waals surface area (Å²) in [4.78, 5) is 12.2. The minimum Gasteiger partial charge on any atom is -0.489 e. The van der Waals surface area contributed by atoms with E-state index >= 15 is 0 Å². The fourth-order valence-corrected chi connectivity index (χ4v) is 2.27. The molecule has 1 aromatic heterocycles. The largest absolute Gasteiger partial charge is 0.489 e. The van der Waals surface area contributed by atoms with Gasteiger partial charge in [0.05, 0.1) is 12.7 Å². The number of hydrogen-bond acceptors (Lipinski definition) is 5. The number of ether oxygens (including phenoxy) is 2. The molecule has 0 amide bonds. The van der Waals surface area contributed by atoms with Crippen molar-refractivity contribution in [2.75, 3.05) is 13.2 Å². The lowest BCUT2D eigenvalue weighted by molar-refractivity contribution is -0.0123. The highest BCUT2D eigenvalue weighted by Gasteiger charge is 2.17. The number of carboxylic acids is 1. The van der Waals surface area contributed by atoms with Crippen molar-refractivity contribution < 1.29 is 24.5 Å². The summed E-state index contributed by atoms with van der Waals surface area (Å²) in [6.07, 6.45) is 0.0268. The molecule has 19 heavy (non-hydrogen) atoms. The maximum Gasteiger partial charge on any atom is 0.349 e. The van der Waals surface area contributed by atoms with Crippen molar-refractivity contribution in [2.45, 2.75) is 39.4 Å². The Morgan fingerprint density at radius 2 is 2.11 bits per heavy atom. The standard InChI is InChI=1S/C13H20O5S/c1-4-10-5-11(12(19-10)13(15)16)18-7-9(14)6-17-8(2)3/h5,8-9,14H,4,6-7H2,1-3H3,(H,15,16). The fraction of sp³-hybridized carbons (Fsp3) is 0.615. The zero-order valence-corrected chi connectivity index (χ0v) is 12.2. The normalized spacial score (nSPS) is 12.7. The summed E-state index contributed by atoms with van der Waals surface area (Å²) < 4.78 is 10.6. The third-order valence-corrected chi connectivity index (χ3v) is 3.59. The molecular weight excluding hydrogens is 268 g/mol. The van der Waals surface area contributed by atoms with Crippen LogP contribution in [0.4, 0.5) is 0 Å². The molecule has 0 saturated heterocycles. The van der Waals surface area contributed by atoms with Crippen LogP contribution in [0.25, 0.3) is 0 Å². The van der Waals surface area contributed by atoms with Gasteiger partial charge in [-0.2, -0.15) is 0 Å². The van der Waals surface area contributed by atoms with Gasteiger partial charge in [-0.15, -0.1) is 11.3 Å². The number of rotatable bonds is 8. The van der Waals surface area contributed by atoms with E-state index in [1.165, 1.54) is 11.3 Å². The third kappa shape index (κ3) is 5.18. The monoisotopic (exact) mass is 288 g/mol. The SMILES string of the molecule is CCc1cc(OCC(O)COC(C)C)c(C(=O)O)s1. The average molecular weight is 288 g/mol. The summed E-state index contributed by atoms with van der Waals surface area (Å²) in [6.45, 7) is 5.90. The molecule has 108 valence electrons. The minimum absolute atomic E-state index is 0.0207. The lowest BCUT2D eigenvalue weighted by Gasteiger charge is -2.14. The number of aliphatic hydroxyl groups excluding tert-OH is 1. The van der Waals surface area contributed by atoms with Crippen LogP contribution in [0.5, 0.6) is 5.75 Å². The summed E-state index contributed by atoms with van der Waals surface area (Å²) in [6, 6.07) is 1.71. The Labute approximate surface area is 116 Å². The Hall–Kier alpha value is -1.11. The van der Waals surface area contributed by atoms with Crippen LogP contribution >= 0.6 is 11.3 Å². The van der Waals surface area contributed by atoms with Crippen LogP contribution in [0.15, 0.2) is 6.07 Å². The van der Waals surface area contributed by atoms with E-state index in [1.807, 2.05) is 20.8 Å². The highest BCUT2D eigenvalue weighted by Crippen LogP contribution is 2.29. The maximum absolute atomic E-state index is 11.1. The van der Waals surface area contributed by atoms with Gasteiger partial charge in [0.2, 0.25) is 0 Å². The second kappa shape index (κ2) is 7.47. The van der Waals surface area contributed by atoms with Gasteiger partial charge in [0.25, 0.3) is 0 Å². The van der Waals surface area contributed by atoms with Crippen LogP contribution in [0, 0.1) is 0 Å². The van der Waals surface area contributed by atoms with E-state index in [1.54, 1.807) is 6.07 Å². The Balaban J connectivity index is 2.56. The average Bonchev–Trinajstić information content (AvgIpc) is 2.77. The first kappa shape index (κ1) is 15.9. The van der Waals surface area contributed by atoms with Crippen LogP contribution in [-0.4, -0.2) is 41.6 Å². The lowest BCUT2D eigenvalue weighted by Crippen LogP contribution is -2.25. The van der Waals surface area contributed by atoms with Gasteiger partial charge in [0.1, 0.15) is 18.5 Å². The molecule has 0 saturated carbocycles. The zero-order chi connectivity index (χ0) is 14.4. The molecule has 1 atom stereocenters. The van der Waals surface area contributed by atoms with Gasteiger partial charge in [-0.1, -0.05) is 6.92 Å². The maximum atomic E-state index is 11.1. The smallest absolute Gasteiger partial charge is 0.349 e. The van der Waals surface area contributed by atoms with Gasteiger partial charge in [-0.3, -0.25) is 0 Å². The molecule has 2 N–H and O–H groups in total. The first-order valence-corrected chi connectivity index (χ1v) is 7.04. The highest BCUT2D eigenvalue weighted by atomic mass is 32.1. The molecule has 1 heterocycles. The van der Waals surface area contributed by atoms with Crippen LogP contribution in [0.2, 0.25) is 0 Å². The number of carboxylic acid groups (broad SMARTS) is 1. The van der Waals surface area contributed by atoms with Crippen LogP contribution < -0.4 is 4.74 Å². The molecule has 6 heteroatoms. The molecule has 0 bridgehead atoms. The molecule has 1 aromatic rings. The van der Waals surface area contributed by atoms with E-state index in [-0.39, 0.29) is 24.2 Å². The van der Waals surface area contributed by atoms with Crippen molar-refractivity contribution in [1.82, 2.24) is 0 Å². The van der Waals surface area contributed by atoms with E-state index in [0.29, 0.717) is 5.75 Å². The molecule has 0 radical (unpaired) electrons. The second-order valence-corrected chi connectivity index (χ2v) is 5.55. The molecule has 0 aliphatic heterocycles. The Morgan fingerprint density at radius 1 is 1.42 bits per heavy atom. The number of thiophene rings is 1. The molecule has 1 unspecified atom stereocenters. The van der Waals surface area contributed by atoms with Gasteiger partial charge < -0.3 is 19.7 Å². The van der Waals surface area contributed by atoms with Crippen LogP contribution in [-0.2, 0) is 11.2 Å². The zero-order valence-electron chi connectivity index (χ0n) is 11.4. The molecule has 0 aromatic carbocycles. The highest BCUT2D eigenvalue weighted by molar-refractivity contribution is 7.14. The molecule has 0 fully saturated rings. The molecular formula is C13H20O5S. The van der Waals surface area contributed by atoms with Gasteiger partial charge >= 0.3 is 5.97 Å². The lowest BCUT2D eigenvalue weighted by atomic mass is 10.3. The molecule has 5 nitrogen and oxygen atoms in total. The van der Waals surface area contributed by atoms with Crippen LogP contribution in [0.1, 0.15) is 35.3 Å². The number of carbonyl (C=O) groups is 1. The van der Waals surface area contributed by atoms with Crippen molar-refractivity contribution in [1.29, 1.82) is 0 Å². The predicted octanol–water partition coefficient (Wildman–Crippen LogP) is 2.17. The Bertz CT molecular complexity index is 413. The summed E-state index contributed by atoms with van der Waals surface area (Å²) in [5.74, 6) is -0.689. The summed E-state index contributed by atoms with van der Waals surface area (Å²) in [7, 11) is 0. The molecule has 1 rings (SSSR count). The first-order valence-electron chi connectivity index (χ1n) is 6.22. The quantitative estimate of drug-likeness (QED) is 0.766. The summed E-state index contributed by atoms with van der Waals surface area (Å²) >= 11 is 1.20. The number of hydrogen-bond donors (Lipinski definition) is 2. The van der Waals surface area contributed by atoms with E-state index in [9.17, 15) is 9.90 Å². The van der Waals surface area contributed by atoms with E-state index < -0.39 is 12.1 Å². The van der Waals surface area contributed by atoms with E-state index in [0.717, 1.165) is 11.3 Å². The van der Waals surface area contributed by atoms with Gasteiger partial charge in [-0.05, 0) is 26.3 Å². The molecule has 0 aliphatic carbocycles. The predicted molar refractivity (Wildman–Crippen MR) is 73.2 cm³/mol. The molecule has 0 spiro atoms. The summed E-state index contributed by atoms with van der Waals surface area (Å²) in [5, 5.41) is 18.7. The number of aromatic carboxylic acids is 1. The van der Waals surface area contributed by atoms with Crippen molar-refractivity contribution in [3.05, 3.63) is 15.8 Å². The first-order chi connectivity index (χ1) is 8.93. The Morgan fingerprint density at radius 3 is 2.63 bits per heavy atom. The number of aliphatic hydroxyl groups is 1. The van der Waals surface area contributed by atoms with Crippen molar-refractivity contribution in [3.63, 3.8) is 0 Å². The van der Waals surface area contributed by atoms with Gasteiger partial charge in [0.15, 0.2) is 4.88 Å². The second-order valence-electron chi connectivity index (χ2n) is 4.41. The summed E-state index contributed by atoms with van der Waals surface area (Å²) in [5.41, 5.74) is 0. The van der Waals surface area contributed by atoms with E-state index in [2.05, 4.69) is 0 Å². The molecule has 0 aliphatic rings. The van der Waals surface area contributed by atoms with Crippen LogP contribution in [0.3, 0.4) is 0 Å².